The zero-order valence-corrected chi connectivity index (χ0v) is 51.3. The lowest BCUT2D eigenvalue weighted by Gasteiger charge is -2.30. The number of hydrogen-bond donors (Lipinski definition) is 1. The number of likely N-dealkylation sites (N-methyl/N-ethyl adjacent to an activating group) is 1. The van der Waals surface area contributed by atoms with Crippen molar-refractivity contribution in [1.82, 2.24) is 5.32 Å². The number of esters is 1. The van der Waals surface area contributed by atoms with Gasteiger partial charge in [0.15, 0.2) is 0 Å². The zero-order chi connectivity index (χ0) is 56.4. The average molecular weight is 1090 g/mol. The van der Waals surface area contributed by atoms with Gasteiger partial charge in [0.25, 0.3) is 7.82 Å². The second-order valence-electron chi connectivity index (χ2n) is 21.8. The summed E-state index contributed by atoms with van der Waals surface area (Å²) in [6.45, 7) is 6.65. The zero-order valence-electron chi connectivity index (χ0n) is 50.4. The van der Waals surface area contributed by atoms with E-state index >= 15 is 0 Å². The molecule has 77 heavy (non-hydrogen) atoms. The van der Waals surface area contributed by atoms with Crippen molar-refractivity contribution in [2.45, 2.75) is 264 Å². The molecule has 0 aliphatic carbocycles. The number of phosphoric ester groups is 1. The third-order valence-electron chi connectivity index (χ3n) is 13.2. The fourth-order valence-electron chi connectivity index (χ4n) is 8.40. The Balaban J connectivity index is 5.41. The minimum Gasteiger partial charge on any atom is -0.756 e. The van der Waals surface area contributed by atoms with Crippen LogP contribution in [0.1, 0.15) is 252 Å². The number of ether oxygens (including phenoxy) is 1. The molecule has 0 fully saturated rings. The number of carbonyl (C=O) groups excluding carboxylic acids is 2. The Kier molecular flexibility index (Phi) is 53.5. The van der Waals surface area contributed by atoms with Gasteiger partial charge in [-0.3, -0.25) is 14.2 Å². The van der Waals surface area contributed by atoms with E-state index in [0.29, 0.717) is 23.9 Å². The molecule has 0 aliphatic rings. The standard InChI is InChI=1S/C67H117N2O7P/c1-7-10-13-16-19-22-25-28-30-32-34-36-38-41-44-47-50-53-56-59-66(70)68-64(63-75-77(72,73)74-62-61-69(4,5)6)65(58-55-52-49-46-43-40-27-24-21-18-15-12-9-3)76-67(71)60-57-54-51-48-45-42-39-37-35-33-31-29-26-23-20-17-14-11-8-2/h11,14,19-20,22-23,28-31,35,37,42,45,51,54-55,58,64-65H,7-10,12-13,15-18,21,24-27,32-34,36,38-41,43-44,46-50,52-53,56-57,59-63H2,1-6H3,(H-,68,70,72,73)/b14-11-,22-19-,23-20-,30-28-,31-29-,37-35-,45-42-,54-51-,58-55+. The van der Waals surface area contributed by atoms with Crippen LogP contribution in [0.5, 0.6) is 0 Å². The fourth-order valence-corrected chi connectivity index (χ4v) is 9.12. The molecule has 0 heterocycles. The SMILES string of the molecule is CC/C=C\C/C=C\C/C=C\C/C=C\C/C=C\C/C=C\CCC(=O)OC(/C=C/CCCCCCCCCCCCC)C(COP(=O)([O-])OCC[N+](C)(C)C)NC(=O)CCCCCCCCCCC/C=C\C/C=C\CCCCC. The lowest BCUT2D eigenvalue weighted by molar-refractivity contribution is -0.870. The van der Waals surface area contributed by atoms with Crippen molar-refractivity contribution in [2.24, 2.45) is 0 Å². The molecule has 10 heteroatoms. The molecule has 0 saturated carbocycles. The van der Waals surface area contributed by atoms with Gasteiger partial charge >= 0.3 is 5.97 Å². The first-order valence-corrected chi connectivity index (χ1v) is 32.7. The first kappa shape index (κ1) is 73.7. The van der Waals surface area contributed by atoms with E-state index in [9.17, 15) is 19.0 Å². The van der Waals surface area contributed by atoms with Gasteiger partial charge in [0.1, 0.15) is 19.3 Å². The van der Waals surface area contributed by atoms with Gasteiger partial charge in [0.2, 0.25) is 5.91 Å². The van der Waals surface area contributed by atoms with E-state index in [2.05, 4.69) is 111 Å². The maximum Gasteiger partial charge on any atom is 0.306 e. The molecule has 0 aromatic carbocycles. The monoisotopic (exact) mass is 1090 g/mol. The number of carbonyl (C=O) groups is 2. The van der Waals surface area contributed by atoms with Crippen LogP contribution in [0.2, 0.25) is 0 Å². The molecule has 0 aromatic rings. The molecule has 0 radical (unpaired) electrons. The molecule has 9 nitrogen and oxygen atoms in total. The number of quaternary nitrogens is 1. The Hall–Kier alpha value is -3.33. The van der Waals surface area contributed by atoms with E-state index in [1.807, 2.05) is 39.4 Å². The van der Waals surface area contributed by atoms with E-state index < -0.39 is 32.5 Å². The van der Waals surface area contributed by atoms with E-state index in [1.54, 1.807) is 6.08 Å². The summed E-state index contributed by atoms with van der Waals surface area (Å²) >= 11 is 0. The average Bonchev–Trinajstić information content (AvgIpc) is 3.39. The lowest BCUT2D eigenvalue weighted by atomic mass is 10.0. The quantitative estimate of drug-likeness (QED) is 0.0212. The molecule has 1 amide bonds. The van der Waals surface area contributed by atoms with Crippen LogP contribution in [0, 0.1) is 0 Å². The molecular formula is C67H117N2O7P. The smallest absolute Gasteiger partial charge is 0.306 e. The number of allylic oxidation sites excluding steroid dienone is 17. The lowest BCUT2D eigenvalue weighted by Crippen LogP contribution is -2.47. The molecule has 0 bridgehead atoms. The Bertz CT molecular complexity index is 1690. The molecule has 1 N–H and O–H groups in total. The highest BCUT2D eigenvalue weighted by Crippen LogP contribution is 2.38. The van der Waals surface area contributed by atoms with Gasteiger partial charge < -0.3 is 28.5 Å². The largest absolute Gasteiger partial charge is 0.756 e. The van der Waals surface area contributed by atoms with Gasteiger partial charge in [-0.1, -0.05) is 246 Å². The molecule has 0 rings (SSSR count). The molecule has 0 aliphatic heterocycles. The third-order valence-corrected chi connectivity index (χ3v) is 14.2. The van der Waals surface area contributed by atoms with Crippen molar-refractivity contribution < 1.29 is 37.3 Å². The first-order valence-electron chi connectivity index (χ1n) is 31.2. The summed E-state index contributed by atoms with van der Waals surface area (Å²) in [6, 6.07) is -0.928. The Labute approximate surface area is 474 Å². The van der Waals surface area contributed by atoms with Gasteiger partial charge in [-0.2, -0.15) is 0 Å². The highest BCUT2D eigenvalue weighted by atomic mass is 31.2. The van der Waals surface area contributed by atoms with E-state index in [-0.39, 0.29) is 18.9 Å². The molecule has 3 unspecified atom stereocenters. The van der Waals surface area contributed by atoms with Crippen LogP contribution in [0.15, 0.2) is 109 Å². The van der Waals surface area contributed by atoms with Crippen LogP contribution in [0.4, 0.5) is 0 Å². The van der Waals surface area contributed by atoms with Crippen LogP contribution in [0.3, 0.4) is 0 Å². The molecule has 442 valence electrons. The maximum absolute atomic E-state index is 13.5. The van der Waals surface area contributed by atoms with Gasteiger partial charge in [0.05, 0.1) is 33.8 Å². The van der Waals surface area contributed by atoms with Crippen molar-refractivity contribution in [1.29, 1.82) is 0 Å². The summed E-state index contributed by atoms with van der Waals surface area (Å²) in [5.74, 6) is -0.647. The minimum absolute atomic E-state index is 0.0393. The van der Waals surface area contributed by atoms with Crippen molar-refractivity contribution in [3.63, 3.8) is 0 Å². The minimum atomic E-state index is -4.72. The predicted octanol–water partition coefficient (Wildman–Crippen LogP) is 18.7. The molecule has 0 saturated heterocycles. The highest BCUT2D eigenvalue weighted by molar-refractivity contribution is 7.45. The van der Waals surface area contributed by atoms with Crippen molar-refractivity contribution in [3.8, 4) is 0 Å². The number of rotatable bonds is 55. The van der Waals surface area contributed by atoms with Crippen molar-refractivity contribution >= 4 is 19.7 Å². The second kappa shape index (κ2) is 56.0. The Morgan fingerprint density at radius 2 is 0.844 bits per heavy atom. The van der Waals surface area contributed by atoms with E-state index in [4.69, 9.17) is 13.8 Å². The van der Waals surface area contributed by atoms with E-state index in [0.717, 1.165) is 96.3 Å². The number of hydrogen-bond acceptors (Lipinski definition) is 7. The number of nitrogens with zero attached hydrogens (tertiary/aromatic N) is 1. The van der Waals surface area contributed by atoms with Crippen molar-refractivity contribution in [3.05, 3.63) is 109 Å². The van der Waals surface area contributed by atoms with Crippen LogP contribution < -0.4 is 10.2 Å². The van der Waals surface area contributed by atoms with Crippen LogP contribution in [-0.2, 0) is 27.9 Å². The second-order valence-corrected chi connectivity index (χ2v) is 23.2. The summed E-state index contributed by atoms with van der Waals surface area (Å²) in [4.78, 5) is 40.0. The molecule has 0 spiro atoms. The Morgan fingerprint density at radius 1 is 0.468 bits per heavy atom. The number of nitrogens with one attached hydrogen (secondary N) is 1. The number of amides is 1. The molecule has 0 aromatic heterocycles. The van der Waals surface area contributed by atoms with Gasteiger partial charge in [-0.15, -0.1) is 0 Å². The maximum atomic E-state index is 13.5. The van der Waals surface area contributed by atoms with Crippen molar-refractivity contribution in [2.75, 3.05) is 40.9 Å². The van der Waals surface area contributed by atoms with Gasteiger partial charge in [-0.05, 0) is 102 Å². The van der Waals surface area contributed by atoms with Gasteiger partial charge in [0, 0.05) is 12.8 Å². The molecule has 3 atom stereocenters. The topological polar surface area (TPSA) is 114 Å². The molecular weight excluding hydrogens is 976 g/mol. The third kappa shape index (κ3) is 57.2. The first-order chi connectivity index (χ1) is 37.4. The van der Waals surface area contributed by atoms with Crippen LogP contribution >= 0.6 is 7.82 Å². The predicted molar refractivity (Wildman–Crippen MR) is 330 cm³/mol. The van der Waals surface area contributed by atoms with Crippen LogP contribution in [-0.4, -0.2) is 69.4 Å². The summed E-state index contributed by atoms with van der Waals surface area (Å²) in [6.07, 6.45) is 76.4. The normalized spacial score (nSPS) is 14.4. The summed E-state index contributed by atoms with van der Waals surface area (Å²) < 4.78 is 30.3. The summed E-state index contributed by atoms with van der Waals surface area (Å²) in [5, 5.41) is 3.01. The number of phosphoric acid groups is 1. The van der Waals surface area contributed by atoms with E-state index in [1.165, 1.54) is 116 Å². The summed E-state index contributed by atoms with van der Waals surface area (Å²) in [7, 11) is 1.13. The number of unbranched alkanes of at least 4 members (excludes halogenated alkanes) is 23. The van der Waals surface area contributed by atoms with Crippen LogP contribution in [0.25, 0.3) is 0 Å². The summed E-state index contributed by atoms with van der Waals surface area (Å²) in [5.41, 5.74) is 0. The highest BCUT2D eigenvalue weighted by Gasteiger charge is 2.27. The van der Waals surface area contributed by atoms with Gasteiger partial charge in [-0.25, -0.2) is 0 Å². The fraction of sp³-hybridized carbons (Fsp3) is 0.701. The Morgan fingerprint density at radius 3 is 1.30 bits per heavy atom.